The molecule has 8 nitrogen and oxygen atoms in total. The summed E-state index contributed by atoms with van der Waals surface area (Å²) in [6.07, 6.45) is 0.0455. The van der Waals surface area contributed by atoms with Gasteiger partial charge < -0.3 is 24.5 Å². The largest absolute Gasteiger partial charge is 0.464 e. The second-order valence-electron chi connectivity index (χ2n) is 8.46. The molecule has 2 amide bonds. The van der Waals surface area contributed by atoms with Crippen molar-refractivity contribution in [2.75, 3.05) is 11.9 Å². The maximum absolute atomic E-state index is 12.8. The SMILES string of the molecule is CCCOc1oc(=O)c2cc(NC(=O)[C@@H](NC(=O)OC(C)(C)C)C(C)C)ccc2c1Cl. The van der Waals surface area contributed by atoms with E-state index in [1.165, 1.54) is 6.07 Å². The predicted octanol–water partition coefficient (Wildman–Crippen LogP) is 4.72. The van der Waals surface area contributed by atoms with Gasteiger partial charge in [-0.3, -0.25) is 4.79 Å². The Morgan fingerprint density at radius 2 is 1.87 bits per heavy atom. The second kappa shape index (κ2) is 10.0. The van der Waals surface area contributed by atoms with E-state index in [0.29, 0.717) is 17.7 Å². The molecule has 1 aromatic carbocycles. The number of hydrogen-bond acceptors (Lipinski definition) is 6. The molecule has 1 aromatic heterocycles. The molecule has 0 radical (unpaired) electrons. The van der Waals surface area contributed by atoms with Crippen molar-refractivity contribution in [2.24, 2.45) is 5.92 Å². The van der Waals surface area contributed by atoms with Crippen LogP contribution in [-0.4, -0.2) is 30.3 Å². The molecule has 2 aromatic rings. The zero-order valence-electron chi connectivity index (χ0n) is 18.6. The Balaban J connectivity index is 2.24. The highest BCUT2D eigenvalue weighted by Crippen LogP contribution is 2.32. The molecule has 1 heterocycles. The molecule has 1 atom stereocenters. The molecule has 2 rings (SSSR count). The molecule has 0 saturated carbocycles. The minimum atomic E-state index is -0.838. The van der Waals surface area contributed by atoms with Crippen LogP contribution in [0.3, 0.4) is 0 Å². The number of hydrogen-bond donors (Lipinski definition) is 2. The van der Waals surface area contributed by atoms with Gasteiger partial charge >= 0.3 is 17.7 Å². The molecule has 0 fully saturated rings. The molecular formula is C22H29ClN2O6. The van der Waals surface area contributed by atoms with Crippen LogP contribution >= 0.6 is 11.6 Å². The smallest absolute Gasteiger partial charge is 0.408 e. The lowest BCUT2D eigenvalue weighted by Gasteiger charge is -2.25. The standard InChI is InChI=1S/C22H29ClN2O6/c1-7-10-29-20-16(23)14-9-8-13(11-15(14)19(27)30-20)24-18(26)17(12(2)3)25-21(28)31-22(4,5)6/h8-9,11-12,17H,7,10H2,1-6H3,(H,24,26)(H,25,28)/t17-/m0/s1. The zero-order chi connectivity index (χ0) is 23.3. The van der Waals surface area contributed by atoms with Crippen LogP contribution in [0.2, 0.25) is 5.02 Å². The van der Waals surface area contributed by atoms with Crippen LogP contribution in [0.1, 0.15) is 48.0 Å². The van der Waals surface area contributed by atoms with Crippen molar-refractivity contribution in [1.29, 1.82) is 0 Å². The van der Waals surface area contributed by atoms with Crippen molar-refractivity contribution in [3.63, 3.8) is 0 Å². The number of nitrogens with one attached hydrogen (secondary N) is 2. The first-order valence-corrected chi connectivity index (χ1v) is 10.5. The van der Waals surface area contributed by atoms with Gasteiger partial charge in [0.1, 0.15) is 16.7 Å². The first-order chi connectivity index (χ1) is 14.4. The number of amides is 2. The summed E-state index contributed by atoms with van der Waals surface area (Å²) in [6, 6.07) is 3.85. The maximum atomic E-state index is 12.8. The number of anilines is 1. The predicted molar refractivity (Wildman–Crippen MR) is 120 cm³/mol. The third-order valence-corrected chi connectivity index (χ3v) is 4.52. The Hall–Kier alpha value is -2.74. The van der Waals surface area contributed by atoms with Crippen molar-refractivity contribution in [2.45, 2.75) is 59.6 Å². The molecule has 9 heteroatoms. The molecular weight excluding hydrogens is 424 g/mol. The molecule has 0 unspecified atom stereocenters. The molecule has 2 N–H and O–H groups in total. The van der Waals surface area contributed by atoms with Crippen LogP contribution in [0.15, 0.2) is 27.4 Å². The van der Waals surface area contributed by atoms with E-state index in [-0.39, 0.29) is 22.3 Å². The van der Waals surface area contributed by atoms with Crippen LogP contribution in [0.4, 0.5) is 10.5 Å². The van der Waals surface area contributed by atoms with Crippen LogP contribution in [-0.2, 0) is 9.53 Å². The fourth-order valence-corrected chi connectivity index (χ4v) is 3.01. The van der Waals surface area contributed by atoms with Crippen molar-refractivity contribution in [3.05, 3.63) is 33.6 Å². The summed E-state index contributed by atoms with van der Waals surface area (Å²) in [4.78, 5) is 37.3. The topological polar surface area (TPSA) is 107 Å². The van der Waals surface area contributed by atoms with Crippen molar-refractivity contribution < 1.29 is 23.5 Å². The molecule has 0 saturated heterocycles. The number of carbonyl (C=O) groups excluding carboxylic acids is 2. The fourth-order valence-electron chi connectivity index (χ4n) is 2.75. The lowest BCUT2D eigenvalue weighted by Crippen LogP contribution is -2.48. The molecule has 0 aliphatic heterocycles. The monoisotopic (exact) mass is 452 g/mol. The van der Waals surface area contributed by atoms with Gasteiger partial charge in [0, 0.05) is 11.1 Å². The Morgan fingerprint density at radius 3 is 2.45 bits per heavy atom. The first kappa shape index (κ1) is 24.5. The Morgan fingerprint density at radius 1 is 1.19 bits per heavy atom. The van der Waals surface area contributed by atoms with Crippen molar-refractivity contribution in [1.82, 2.24) is 5.32 Å². The van der Waals surface area contributed by atoms with E-state index < -0.39 is 29.3 Å². The van der Waals surface area contributed by atoms with E-state index >= 15 is 0 Å². The average molecular weight is 453 g/mol. The van der Waals surface area contributed by atoms with Gasteiger partial charge in [0.15, 0.2) is 0 Å². The Bertz CT molecular complexity index is 1010. The molecule has 0 aliphatic rings. The third kappa shape index (κ3) is 6.62. The molecule has 0 spiro atoms. The Labute approximate surface area is 186 Å². The molecule has 170 valence electrons. The summed E-state index contributed by atoms with van der Waals surface area (Å²) < 4.78 is 15.8. The van der Waals surface area contributed by atoms with Gasteiger partial charge in [0.05, 0.1) is 12.0 Å². The highest BCUT2D eigenvalue weighted by atomic mass is 35.5. The van der Waals surface area contributed by atoms with Gasteiger partial charge in [-0.2, -0.15) is 0 Å². The van der Waals surface area contributed by atoms with Crippen molar-refractivity contribution in [3.8, 4) is 5.95 Å². The van der Waals surface area contributed by atoms with Gasteiger partial charge in [0.2, 0.25) is 5.91 Å². The van der Waals surface area contributed by atoms with E-state index in [1.807, 2.05) is 6.92 Å². The highest BCUT2D eigenvalue weighted by Gasteiger charge is 2.27. The van der Waals surface area contributed by atoms with E-state index in [1.54, 1.807) is 46.8 Å². The molecule has 0 bridgehead atoms. The lowest BCUT2D eigenvalue weighted by atomic mass is 10.0. The van der Waals surface area contributed by atoms with Crippen LogP contribution in [0.25, 0.3) is 10.8 Å². The summed E-state index contributed by atoms with van der Waals surface area (Å²) in [6.45, 7) is 11.1. The zero-order valence-corrected chi connectivity index (χ0v) is 19.4. The minimum absolute atomic E-state index is 0.0285. The summed E-state index contributed by atoms with van der Waals surface area (Å²) in [5, 5.41) is 6.14. The highest BCUT2D eigenvalue weighted by molar-refractivity contribution is 6.36. The van der Waals surface area contributed by atoms with Gasteiger partial charge in [-0.15, -0.1) is 0 Å². The first-order valence-electron chi connectivity index (χ1n) is 10.1. The van der Waals surface area contributed by atoms with Crippen molar-refractivity contribution >= 4 is 40.1 Å². The van der Waals surface area contributed by atoms with Crippen LogP contribution in [0, 0.1) is 5.92 Å². The summed E-state index contributed by atoms with van der Waals surface area (Å²) >= 11 is 6.30. The van der Waals surface area contributed by atoms with Gasteiger partial charge in [-0.25, -0.2) is 9.59 Å². The van der Waals surface area contributed by atoms with Crippen LogP contribution < -0.4 is 21.0 Å². The normalized spacial score (nSPS) is 12.5. The third-order valence-electron chi connectivity index (χ3n) is 4.17. The summed E-state index contributed by atoms with van der Waals surface area (Å²) in [5.41, 5.74) is -0.957. The van der Waals surface area contributed by atoms with Crippen LogP contribution in [0.5, 0.6) is 5.95 Å². The molecule has 31 heavy (non-hydrogen) atoms. The van der Waals surface area contributed by atoms with Gasteiger partial charge in [0.25, 0.3) is 0 Å². The maximum Gasteiger partial charge on any atom is 0.408 e. The van der Waals surface area contributed by atoms with E-state index in [4.69, 9.17) is 25.5 Å². The summed E-state index contributed by atoms with van der Waals surface area (Å²) in [7, 11) is 0. The lowest BCUT2D eigenvalue weighted by molar-refractivity contribution is -0.119. The molecule has 0 aliphatic carbocycles. The van der Waals surface area contributed by atoms with E-state index in [9.17, 15) is 14.4 Å². The number of fused-ring (bicyclic) bond motifs is 1. The number of carbonyl (C=O) groups is 2. The number of alkyl carbamates (subject to hydrolysis) is 1. The minimum Gasteiger partial charge on any atom is -0.464 e. The second-order valence-corrected chi connectivity index (χ2v) is 8.83. The number of rotatable bonds is 7. The fraction of sp³-hybridized carbons (Fsp3) is 0.500. The quantitative estimate of drug-likeness (QED) is 0.629. The van der Waals surface area contributed by atoms with E-state index in [0.717, 1.165) is 6.42 Å². The average Bonchev–Trinajstić information content (AvgIpc) is 2.66. The van der Waals surface area contributed by atoms with Gasteiger partial charge in [-0.1, -0.05) is 38.4 Å². The van der Waals surface area contributed by atoms with Gasteiger partial charge in [-0.05, 0) is 45.2 Å². The number of ether oxygens (including phenoxy) is 2. The Kier molecular flexibility index (Phi) is 7.95. The number of benzene rings is 1. The summed E-state index contributed by atoms with van der Waals surface area (Å²) in [5.74, 6) is -0.677. The van der Waals surface area contributed by atoms with E-state index in [2.05, 4.69) is 10.6 Å². The number of halogens is 1.